The van der Waals surface area contributed by atoms with Crippen LogP contribution in [0.15, 0.2) is 57.8 Å². The van der Waals surface area contributed by atoms with Crippen molar-refractivity contribution >= 4 is 34.5 Å². The van der Waals surface area contributed by atoms with E-state index in [0.29, 0.717) is 0 Å². The van der Waals surface area contributed by atoms with Gasteiger partial charge in [0.05, 0.1) is 17.1 Å². The highest BCUT2D eigenvalue weighted by molar-refractivity contribution is 7.11. The molecule has 3 heterocycles. The van der Waals surface area contributed by atoms with Crippen molar-refractivity contribution in [1.29, 1.82) is 0 Å². The third-order valence-corrected chi connectivity index (χ3v) is 4.43. The van der Waals surface area contributed by atoms with Crippen molar-refractivity contribution in [2.24, 2.45) is 9.98 Å². The van der Waals surface area contributed by atoms with Gasteiger partial charge in [-0.25, -0.2) is 4.99 Å². The normalized spacial score (nSPS) is 17.1. The minimum Gasteiger partial charge on any atom is -0.506 e. The highest BCUT2D eigenvalue weighted by Gasteiger charge is 2.28. The number of thiophene rings is 1. The maximum Gasteiger partial charge on any atom is 0.138 e. The molecule has 0 amide bonds. The zero-order chi connectivity index (χ0) is 14.2. The van der Waals surface area contributed by atoms with Crippen molar-refractivity contribution in [3.8, 4) is 0 Å². The summed E-state index contributed by atoms with van der Waals surface area (Å²) in [7, 11) is 0. The van der Waals surface area contributed by atoms with Gasteiger partial charge >= 0.3 is 0 Å². The average molecular weight is 295 g/mol. The van der Waals surface area contributed by atoms with E-state index in [4.69, 9.17) is 0 Å². The van der Waals surface area contributed by atoms with E-state index >= 15 is 0 Å². The Bertz CT molecular complexity index is 775. The first-order valence-electron chi connectivity index (χ1n) is 6.77. The third-order valence-electron chi connectivity index (χ3n) is 3.54. The van der Waals surface area contributed by atoms with Gasteiger partial charge in [0.2, 0.25) is 0 Å². The molecule has 0 saturated carbocycles. The molecule has 4 rings (SSSR count). The van der Waals surface area contributed by atoms with Crippen molar-refractivity contribution in [2.45, 2.75) is 0 Å². The second-order valence-corrected chi connectivity index (χ2v) is 5.80. The van der Waals surface area contributed by atoms with Gasteiger partial charge in [-0.2, -0.15) is 0 Å². The number of amidine groups is 2. The maximum absolute atomic E-state index is 10.3. The maximum atomic E-state index is 10.3. The largest absolute Gasteiger partial charge is 0.506 e. The molecular formula is C16H13N3OS. The minimum absolute atomic E-state index is 0.245. The summed E-state index contributed by atoms with van der Waals surface area (Å²) in [5.74, 6) is 1.94. The number of benzene rings is 1. The molecule has 0 unspecified atom stereocenters. The fraction of sp³-hybridized carbons (Fsp3) is 0.125. The van der Waals surface area contributed by atoms with Gasteiger partial charge in [-0.05, 0) is 23.6 Å². The fourth-order valence-corrected chi connectivity index (χ4v) is 3.21. The Balaban J connectivity index is 1.81. The van der Waals surface area contributed by atoms with E-state index in [-0.39, 0.29) is 5.76 Å². The molecule has 104 valence electrons. The number of aliphatic hydroxyl groups excluding tert-OH is 1. The molecule has 1 aromatic carbocycles. The molecule has 0 bridgehead atoms. The molecule has 5 heteroatoms. The van der Waals surface area contributed by atoms with Crippen LogP contribution in [0.3, 0.4) is 0 Å². The Kier molecular flexibility index (Phi) is 2.86. The summed E-state index contributed by atoms with van der Waals surface area (Å²) in [4.78, 5) is 12.1. The molecule has 1 aromatic heterocycles. The molecule has 2 aliphatic rings. The van der Waals surface area contributed by atoms with Crippen molar-refractivity contribution in [2.75, 3.05) is 13.1 Å². The fourth-order valence-electron chi connectivity index (χ4n) is 2.57. The SMILES string of the molecule is O/C(=C\C1=Nc2ccccc2C2=NCCN12)c1cccs1. The molecular weight excluding hydrogens is 282 g/mol. The standard InChI is InChI=1S/C16H13N3OS/c20-13(14-6-3-9-21-14)10-15-18-12-5-2-1-4-11(12)16-17-7-8-19(15)16/h1-6,9-10,20H,7-8H2/b13-10-. The molecule has 21 heavy (non-hydrogen) atoms. The van der Waals surface area contributed by atoms with Gasteiger partial charge in [-0.1, -0.05) is 18.2 Å². The van der Waals surface area contributed by atoms with E-state index < -0.39 is 0 Å². The van der Waals surface area contributed by atoms with Crippen LogP contribution in [-0.4, -0.2) is 34.8 Å². The summed E-state index contributed by atoms with van der Waals surface area (Å²) in [6, 6.07) is 11.8. The monoisotopic (exact) mass is 295 g/mol. The van der Waals surface area contributed by atoms with Gasteiger partial charge in [0.25, 0.3) is 0 Å². The number of hydrogen-bond acceptors (Lipinski definition) is 5. The lowest BCUT2D eigenvalue weighted by Gasteiger charge is -2.25. The lowest BCUT2D eigenvalue weighted by atomic mass is 10.1. The molecule has 0 aliphatic carbocycles. The summed E-state index contributed by atoms with van der Waals surface area (Å²) in [6.45, 7) is 1.56. The van der Waals surface area contributed by atoms with Crippen LogP contribution >= 0.6 is 11.3 Å². The lowest BCUT2D eigenvalue weighted by Crippen LogP contribution is -2.36. The van der Waals surface area contributed by atoms with Gasteiger partial charge in [0, 0.05) is 18.2 Å². The first kappa shape index (κ1) is 12.3. The zero-order valence-corrected chi connectivity index (χ0v) is 12.0. The van der Waals surface area contributed by atoms with E-state index in [9.17, 15) is 5.11 Å². The van der Waals surface area contributed by atoms with Crippen LogP contribution in [0.2, 0.25) is 0 Å². The van der Waals surface area contributed by atoms with Crippen LogP contribution in [0.4, 0.5) is 5.69 Å². The first-order valence-corrected chi connectivity index (χ1v) is 7.65. The Hall–Kier alpha value is -2.40. The summed E-state index contributed by atoms with van der Waals surface area (Å²) in [5.41, 5.74) is 1.96. The number of para-hydroxylation sites is 1. The number of rotatable bonds is 2. The summed E-state index contributed by atoms with van der Waals surface area (Å²) < 4.78 is 0. The number of fused-ring (bicyclic) bond motifs is 3. The second-order valence-electron chi connectivity index (χ2n) is 4.85. The van der Waals surface area contributed by atoms with Gasteiger partial charge in [0.15, 0.2) is 0 Å². The molecule has 4 nitrogen and oxygen atoms in total. The topological polar surface area (TPSA) is 48.2 Å². The van der Waals surface area contributed by atoms with Crippen LogP contribution in [-0.2, 0) is 0 Å². The molecule has 0 fully saturated rings. The van der Waals surface area contributed by atoms with Crippen molar-refractivity contribution in [1.82, 2.24) is 4.90 Å². The van der Waals surface area contributed by atoms with Crippen LogP contribution in [0.1, 0.15) is 10.4 Å². The molecule has 0 spiro atoms. The second kappa shape index (κ2) is 4.86. The van der Waals surface area contributed by atoms with Crippen molar-refractivity contribution < 1.29 is 5.11 Å². The van der Waals surface area contributed by atoms with E-state index in [0.717, 1.165) is 40.9 Å². The quantitative estimate of drug-likeness (QED) is 0.863. The van der Waals surface area contributed by atoms with Gasteiger partial charge in [0.1, 0.15) is 17.4 Å². The smallest absolute Gasteiger partial charge is 0.138 e. The summed E-state index contributed by atoms with van der Waals surface area (Å²) in [5, 5.41) is 12.2. The highest BCUT2D eigenvalue weighted by Crippen LogP contribution is 2.29. The van der Waals surface area contributed by atoms with Crippen LogP contribution in [0.5, 0.6) is 0 Å². The Morgan fingerprint density at radius 2 is 2.14 bits per heavy atom. The number of nitrogens with zero attached hydrogens (tertiary/aromatic N) is 3. The van der Waals surface area contributed by atoms with E-state index in [1.54, 1.807) is 6.08 Å². The van der Waals surface area contributed by atoms with Crippen LogP contribution in [0.25, 0.3) is 5.76 Å². The third kappa shape index (κ3) is 2.06. The van der Waals surface area contributed by atoms with Gasteiger partial charge in [-0.15, -0.1) is 11.3 Å². The van der Waals surface area contributed by atoms with Gasteiger partial charge in [-0.3, -0.25) is 4.99 Å². The van der Waals surface area contributed by atoms with Crippen molar-refractivity contribution in [3.05, 3.63) is 58.3 Å². The van der Waals surface area contributed by atoms with Crippen LogP contribution in [0, 0.1) is 0 Å². The lowest BCUT2D eigenvalue weighted by molar-refractivity contribution is 0.513. The number of aliphatic imine (C=N–C) groups is 2. The van der Waals surface area contributed by atoms with E-state index in [2.05, 4.69) is 14.9 Å². The predicted octanol–water partition coefficient (Wildman–Crippen LogP) is 3.45. The van der Waals surface area contributed by atoms with Crippen LogP contribution < -0.4 is 0 Å². The molecule has 0 radical (unpaired) electrons. The minimum atomic E-state index is 0.245. The summed E-state index contributed by atoms with van der Waals surface area (Å²) in [6.07, 6.45) is 1.72. The molecule has 0 saturated heterocycles. The highest BCUT2D eigenvalue weighted by atomic mass is 32.1. The number of hydrogen-bond donors (Lipinski definition) is 1. The molecule has 2 aliphatic heterocycles. The van der Waals surface area contributed by atoms with Crippen molar-refractivity contribution in [3.63, 3.8) is 0 Å². The first-order chi connectivity index (χ1) is 10.3. The average Bonchev–Trinajstić information content (AvgIpc) is 3.19. The number of aliphatic hydroxyl groups is 1. The predicted molar refractivity (Wildman–Crippen MR) is 86.6 cm³/mol. The van der Waals surface area contributed by atoms with E-state index in [1.165, 1.54) is 11.3 Å². The zero-order valence-electron chi connectivity index (χ0n) is 11.2. The summed E-state index contributed by atoms with van der Waals surface area (Å²) >= 11 is 1.51. The Labute approximate surface area is 126 Å². The Morgan fingerprint density at radius 3 is 3.00 bits per heavy atom. The molecule has 0 atom stereocenters. The van der Waals surface area contributed by atoms with Gasteiger partial charge < -0.3 is 10.0 Å². The Morgan fingerprint density at radius 1 is 1.24 bits per heavy atom. The molecule has 1 N–H and O–H groups in total. The van der Waals surface area contributed by atoms with E-state index in [1.807, 2.05) is 41.8 Å². The molecule has 2 aromatic rings.